The molecule has 120 valence electrons. The van der Waals surface area contributed by atoms with Gasteiger partial charge in [-0.25, -0.2) is 9.97 Å². The zero-order valence-corrected chi connectivity index (χ0v) is 13.3. The van der Waals surface area contributed by atoms with Gasteiger partial charge in [-0.05, 0) is 31.0 Å². The van der Waals surface area contributed by atoms with Crippen LogP contribution in [0.5, 0.6) is 0 Å². The largest absolute Gasteiger partial charge is 0.350 e. The van der Waals surface area contributed by atoms with Gasteiger partial charge >= 0.3 is 0 Å². The Kier molecular flexibility index (Phi) is 4.22. The quantitative estimate of drug-likeness (QED) is 0.883. The Balaban J connectivity index is 1.33. The number of likely N-dealkylation sites (tertiary alicyclic amines) is 1. The van der Waals surface area contributed by atoms with E-state index in [0.717, 1.165) is 25.6 Å². The zero-order valence-electron chi connectivity index (χ0n) is 13.3. The number of aromatic nitrogens is 2. The average Bonchev–Trinajstić information content (AvgIpc) is 3.20. The van der Waals surface area contributed by atoms with Crippen molar-refractivity contribution in [1.82, 2.24) is 20.2 Å². The van der Waals surface area contributed by atoms with Gasteiger partial charge in [-0.1, -0.05) is 30.3 Å². The van der Waals surface area contributed by atoms with Gasteiger partial charge in [0.25, 0.3) is 0 Å². The van der Waals surface area contributed by atoms with Crippen LogP contribution in [0.2, 0.25) is 0 Å². The molecule has 1 aromatic heterocycles. The number of hydrogen-bond acceptors (Lipinski definition) is 5. The lowest BCUT2D eigenvalue weighted by atomic mass is 10.1. The zero-order chi connectivity index (χ0) is 15.5. The molecule has 0 spiro atoms. The number of hydrogen-bond donors (Lipinski definition) is 2. The SMILES string of the molecule is c1ccc(CNc2ncc(CN3CC[C@H]4CNC[C@H]43)cn2)cc1. The number of nitrogens with one attached hydrogen (secondary N) is 2. The molecule has 2 aliphatic heterocycles. The van der Waals surface area contributed by atoms with Gasteiger partial charge < -0.3 is 10.6 Å². The normalized spacial score (nSPS) is 23.8. The summed E-state index contributed by atoms with van der Waals surface area (Å²) < 4.78 is 0. The van der Waals surface area contributed by atoms with E-state index in [-0.39, 0.29) is 0 Å². The molecule has 0 aliphatic carbocycles. The van der Waals surface area contributed by atoms with Crippen molar-refractivity contribution in [2.75, 3.05) is 25.0 Å². The summed E-state index contributed by atoms with van der Waals surface area (Å²) in [5.74, 6) is 1.53. The fourth-order valence-corrected chi connectivity index (χ4v) is 3.67. The summed E-state index contributed by atoms with van der Waals surface area (Å²) in [7, 11) is 0. The summed E-state index contributed by atoms with van der Waals surface area (Å²) in [5.41, 5.74) is 2.43. The Morgan fingerprint density at radius 3 is 2.74 bits per heavy atom. The molecular weight excluding hydrogens is 286 g/mol. The molecule has 1 aromatic carbocycles. The smallest absolute Gasteiger partial charge is 0.222 e. The van der Waals surface area contributed by atoms with Crippen LogP contribution >= 0.6 is 0 Å². The van der Waals surface area contributed by atoms with Crippen LogP contribution < -0.4 is 10.6 Å². The van der Waals surface area contributed by atoms with E-state index in [1.165, 1.54) is 30.6 Å². The van der Waals surface area contributed by atoms with Gasteiger partial charge in [-0.15, -0.1) is 0 Å². The third-order valence-corrected chi connectivity index (χ3v) is 4.94. The molecule has 0 bridgehead atoms. The van der Waals surface area contributed by atoms with E-state index in [9.17, 15) is 0 Å². The molecule has 4 rings (SSSR count). The van der Waals surface area contributed by atoms with Gasteiger partial charge in [0, 0.05) is 43.6 Å². The molecule has 2 saturated heterocycles. The summed E-state index contributed by atoms with van der Waals surface area (Å²) >= 11 is 0. The van der Waals surface area contributed by atoms with Crippen LogP contribution in [-0.4, -0.2) is 40.5 Å². The second kappa shape index (κ2) is 6.64. The number of nitrogens with zero attached hydrogens (tertiary/aromatic N) is 3. The van der Waals surface area contributed by atoms with Gasteiger partial charge in [0.05, 0.1) is 0 Å². The minimum absolute atomic E-state index is 0.694. The van der Waals surface area contributed by atoms with Crippen molar-refractivity contribution < 1.29 is 0 Å². The van der Waals surface area contributed by atoms with Crippen LogP contribution in [0.15, 0.2) is 42.7 Å². The molecule has 2 N–H and O–H groups in total. The molecular formula is C18H23N5. The first-order valence-corrected chi connectivity index (χ1v) is 8.42. The van der Waals surface area contributed by atoms with Crippen molar-refractivity contribution in [3.8, 4) is 0 Å². The Labute approximate surface area is 137 Å². The van der Waals surface area contributed by atoms with Crippen molar-refractivity contribution >= 4 is 5.95 Å². The van der Waals surface area contributed by atoms with Gasteiger partial charge in [0.15, 0.2) is 0 Å². The lowest BCUT2D eigenvalue weighted by molar-refractivity contribution is 0.243. The maximum absolute atomic E-state index is 4.46. The highest BCUT2D eigenvalue weighted by molar-refractivity contribution is 5.28. The maximum atomic E-state index is 4.46. The molecule has 0 saturated carbocycles. The molecule has 23 heavy (non-hydrogen) atoms. The van der Waals surface area contributed by atoms with E-state index < -0.39 is 0 Å². The van der Waals surface area contributed by atoms with Crippen LogP contribution in [0.4, 0.5) is 5.95 Å². The third kappa shape index (κ3) is 3.35. The van der Waals surface area contributed by atoms with Gasteiger partial charge in [-0.3, -0.25) is 4.90 Å². The summed E-state index contributed by atoms with van der Waals surface area (Å²) in [6, 6.07) is 11.0. The standard InChI is InChI=1S/C18H23N5/c1-2-4-14(5-3-1)8-20-18-21-9-15(10-22-18)13-23-7-6-16-11-19-12-17(16)23/h1-5,9-10,16-17,19H,6-8,11-13H2,(H,20,21,22)/t16-,17+/m0/s1. The van der Waals surface area contributed by atoms with Crippen LogP contribution in [0.3, 0.4) is 0 Å². The summed E-state index contributed by atoms with van der Waals surface area (Å²) in [6.45, 7) is 5.22. The monoisotopic (exact) mass is 309 g/mol. The lowest BCUT2D eigenvalue weighted by Crippen LogP contribution is -2.33. The minimum atomic E-state index is 0.694. The highest BCUT2D eigenvalue weighted by Gasteiger charge is 2.37. The molecule has 2 atom stereocenters. The highest BCUT2D eigenvalue weighted by atomic mass is 15.2. The third-order valence-electron chi connectivity index (χ3n) is 4.94. The second-order valence-electron chi connectivity index (χ2n) is 6.50. The Bertz CT molecular complexity index is 628. The van der Waals surface area contributed by atoms with Crippen LogP contribution in [0, 0.1) is 5.92 Å². The topological polar surface area (TPSA) is 53.1 Å². The average molecular weight is 309 g/mol. The Morgan fingerprint density at radius 1 is 1.09 bits per heavy atom. The van der Waals surface area contributed by atoms with Gasteiger partial charge in [0.2, 0.25) is 5.95 Å². The lowest BCUT2D eigenvalue weighted by Gasteiger charge is -2.22. The minimum Gasteiger partial charge on any atom is -0.350 e. The fraction of sp³-hybridized carbons (Fsp3) is 0.444. The predicted octanol–water partition coefficient (Wildman–Crippen LogP) is 1.88. The number of benzene rings is 1. The van der Waals surface area contributed by atoms with E-state index in [1.54, 1.807) is 0 Å². The molecule has 3 heterocycles. The molecule has 2 aromatic rings. The number of rotatable bonds is 5. The van der Waals surface area contributed by atoms with Crippen molar-refractivity contribution in [3.05, 3.63) is 53.9 Å². The predicted molar refractivity (Wildman–Crippen MR) is 91.0 cm³/mol. The van der Waals surface area contributed by atoms with Crippen LogP contribution in [0.25, 0.3) is 0 Å². The van der Waals surface area contributed by atoms with Crippen molar-refractivity contribution in [2.24, 2.45) is 5.92 Å². The summed E-state index contributed by atoms with van der Waals surface area (Å²) in [5, 5.41) is 6.77. The summed E-state index contributed by atoms with van der Waals surface area (Å²) in [4.78, 5) is 11.5. The number of anilines is 1. The van der Waals surface area contributed by atoms with E-state index in [1.807, 2.05) is 30.6 Å². The second-order valence-corrected chi connectivity index (χ2v) is 6.50. The Hall–Kier alpha value is -1.98. The van der Waals surface area contributed by atoms with E-state index in [4.69, 9.17) is 0 Å². The van der Waals surface area contributed by atoms with E-state index in [2.05, 4.69) is 37.6 Å². The van der Waals surface area contributed by atoms with Gasteiger partial charge in [-0.2, -0.15) is 0 Å². The fourth-order valence-electron chi connectivity index (χ4n) is 3.67. The van der Waals surface area contributed by atoms with Crippen LogP contribution in [-0.2, 0) is 13.1 Å². The first-order valence-electron chi connectivity index (χ1n) is 8.42. The first-order chi connectivity index (χ1) is 11.4. The molecule has 2 aliphatic rings. The van der Waals surface area contributed by atoms with E-state index in [0.29, 0.717) is 12.0 Å². The first kappa shape index (κ1) is 14.6. The molecule has 0 amide bonds. The molecule has 0 unspecified atom stereocenters. The number of fused-ring (bicyclic) bond motifs is 1. The highest BCUT2D eigenvalue weighted by Crippen LogP contribution is 2.28. The van der Waals surface area contributed by atoms with Crippen molar-refractivity contribution in [2.45, 2.75) is 25.6 Å². The molecule has 5 heteroatoms. The van der Waals surface area contributed by atoms with Crippen LogP contribution in [0.1, 0.15) is 17.5 Å². The molecule has 5 nitrogen and oxygen atoms in total. The summed E-state index contributed by atoms with van der Waals surface area (Å²) in [6.07, 6.45) is 5.22. The Morgan fingerprint density at radius 2 is 1.91 bits per heavy atom. The molecule has 2 fully saturated rings. The van der Waals surface area contributed by atoms with Crippen molar-refractivity contribution in [3.63, 3.8) is 0 Å². The maximum Gasteiger partial charge on any atom is 0.222 e. The molecule has 0 radical (unpaired) electrons. The van der Waals surface area contributed by atoms with E-state index >= 15 is 0 Å². The van der Waals surface area contributed by atoms with Crippen molar-refractivity contribution in [1.29, 1.82) is 0 Å². The van der Waals surface area contributed by atoms with Gasteiger partial charge in [0.1, 0.15) is 0 Å².